The summed E-state index contributed by atoms with van der Waals surface area (Å²) in [7, 11) is 0. The van der Waals surface area contributed by atoms with Crippen LogP contribution in [0, 0.1) is 6.92 Å². The molecule has 0 aliphatic rings. The molecule has 14 heavy (non-hydrogen) atoms. The zero-order valence-electron chi connectivity index (χ0n) is 7.34. The van der Waals surface area contributed by atoms with Crippen molar-refractivity contribution in [1.29, 1.82) is 0 Å². The van der Waals surface area contributed by atoms with Gasteiger partial charge in [0.1, 0.15) is 11.2 Å². The lowest BCUT2D eigenvalue weighted by Gasteiger charge is -1.91. The van der Waals surface area contributed by atoms with Gasteiger partial charge in [-0.05, 0) is 6.92 Å². The molecule has 0 amide bonds. The van der Waals surface area contributed by atoms with Crippen LogP contribution in [0.5, 0.6) is 0 Å². The summed E-state index contributed by atoms with van der Waals surface area (Å²) in [6.07, 6.45) is 4.75. The smallest absolute Gasteiger partial charge is 0.347 e. The third kappa shape index (κ3) is 1.51. The molecule has 0 bridgehead atoms. The molecule has 72 valence electrons. The van der Waals surface area contributed by atoms with Gasteiger partial charge in [-0.2, -0.15) is 0 Å². The van der Waals surface area contributed by atoms with E-state index in [1.54, 1.807) is 17.1 Å². The van der Waals surface area contributed by atoms with Crippen molar-refractivity contribution >= 4 is 17.3 Å². The second-order valence-corrected chi connectivity index (χ2v) is 3.74. The predicted molar refractivity (Wildman–Crippen MR) is 50.9 cm³/mol. The Morgan fingerprint density at radius 3 is 2.86 bits per heavy atom. The molecule has 0 aliphatic heterocycles. The van der Waals surface area contributed by atoms with E-state index >= 15 is 0 Å². The first-order valence-corrected chi connectivity index (χ1v) is 4.68. The molecule has 0 aromatic carbocycles. The van der Waals surface area contributed by atoms with Crippen LogP contribution < -0.4 is 0 Å². The quantitative estimate of drug-likeness (QED) is 0.810. The van der Waals surface area contributed by atoms with Crippen LogP contribution in [0.1, 0.15) is 15.4 Å². The number of carbonyl (C=O) groups is 1. The van der Waals surface area contributed by atoms with Crippen molar-refractivity contribution in [2.45, 2.75) is 6.92 Å². The van der Waals surface area contributed by atoms with Crippen LogP contribution in [0.4, 0.5) is 0 Å². The normalized spacial score (nSPS) is 10.4. The Kier molecular flexibility index (Phi) is 2.05. The van der Waals surface area contributed by atoms with Crippen LogP contribution in [-0.4, -0.2) is 25.6 Å². The van der Waals surface area contributed by atoms with Crippen molar-refractivity contribution in [1.82, 2.24) is 14.5 Å². The Morgan fingerprint density at radius 1 is 1.57 bits per heavy atom. The van der Waals surface area contributed by atoms with Gasteiger partial charge in [0.15, 0.2) is 5.13 Å². The molecule has 0 fully saturated rings. The fourth-order valence-corrected chi connectivity index (χ4v) is 1.71. The van der Waals surface area contributed by atoms with Crippen molar-refractivity contribution in [2.75, 3.05) is 0 Å². The molecule has 0 spiro atoms. The molecule has 0 aliphatic carbocycles. The largest absolute Gasteiger partial charge is 0.477 e. The monoisotopic (exact) mass is 209 g/mol. The molecule has 2 aromatic heterocycles. The Labute approximate surface area is 83.7 Å². The van der Waals surface area contributed by atoms with Gasteiger partial charge in [-0.3, -0.25) is 4.57 Å². The highest BCUT2D eigenvalue weighted by Crippen LogP contribution is 2.17. The van der Waals surface area contributed by atoms with E-state index in [4.69, 9.17) is 5.11 Å². The predicted octanol–water partition coefficient (Wildman–Crippen LogP) is 1.34. The van der Waals surface area contributed by atoms with Crippen molar-refractivity contribution in [3.63, 3.8) is 0 Å². The van der Waals surface area contributed by atoms with Crippen LogP contribution in [0.15, 0.2) is 18.7 Å². The minimum atomic E-state index is -0.953. The number of hydrogen-bond donors (Lipinski definition) is 1. The minimum absolute atomic E-state index is 0.228. The van der Waals surface area contributed by atoms with E-state index in [9.17, 15) is 4.79 Å². The molecule has 1 N–H and O–H groups in total. The van der Waals surface area contributed by atoms with Crippen LogP contribution in [-0.2, 0) is 0 Å². The van der Waals surface area contributed by atoms with E-state index in [1.165, 1.54) is 6.20 Å². The highest BCUT2D eigenvalue weighted by atomic mass is 32.1. The lowest BCUT2D eigenvalue weighted by molar-refractivity contribution is 0.0702. The summed E-state index contributed by atoms with van der Waals surface area (Å²) in [6, 6.07) is 0. The molecule has 5 nitrogen and oxygen atoms in total. The zero-order valence-corrected chi connectivity index (χ0v) is 8.15. The van der Waals surface area contributed by atoms with Crippen LogP contribution in [0.2, 0.25) is 0 Å². The Bertz CT molecular complexity index is 474. The fourth-order valence-electron chi connectivity index (χ4n) is 1.01. The number of carboxylic acids is 1. The van der Waals surface area contributed by atoms with Gasteiger partial charge in [-0.25, -0.2) is 14.8 Å². The minimum Gasteiger partial charge on any atom is -0.477 e. The molecular formula is C8H7N3O2S. The van der Waals surface area contributed by atoms with E-state index in [0.29, 0.717) is 5.13 Å². The molecule has 0 saturated heterocycles. The number of nitrogens with zero attached hydrogens (tertiary/aromatic N) is 3. The zero-order chi connectivity index (χ0) is 10.1. The van der Waals surface area contributed by atoms with Crippen LogP contribution in [0.3, 0.4) is 0 Å². The van der Waals surface area contributed by atoms with Gasteiger partial charge in [0.2, 0.25) is 0 Å². The maximum atomic E-state index is 10.6. The number of aromatic carboxylic acids is 1. The molecule has 2 rings (SSSR count). The van der Waals surface area contributed by atoms with Crippen molar-refractivity contribution < 1.29 is 9.90 Å². The molecular weight excluding hydrogens is 202 g/mol. The second-order valence-electron chi connectivity index (χ2n) is 2.73. The standard InChI is InChI=1S/C8H7N3O2S/c1-5-3-11(4-10-5)8-9-2-6(14-8)7(12)13/h2-4H,1H3,(H,12,13). The van der Waals surface area contributed by atoms with E-state index < -0.39 is 5.97 Å². The maximum Gasteiger partial charge on any atom is 0.347 e. The average Bonchev–Trinajstić information content (AvgIpc) is 2.70. The van der Waals surface area contributed by atoms with Gasteiger partial charge in [0.05, 0.1) is 11.9 Å². The summed E-state index contributed by atoms with van der Waals surface area (Å²) in [5.41, 5.74) is 0.872. The van der Waals surface area contributed by atoms with Gasteiger partial charge in [-0.1, -0.05) is 11.3 Å². The second kappa shape index (κ2) is 3.22. The number of thiazole rings is 1. The SMILES string of the molecule is Cc1cn(-c2ncc(C(=O)O)s2)cn1. The van der Waals surface area contributed by atoms with E-state index in [0.717, 1.165) is 17.0 Å². The first-order valence-electron chi connectivity index (χ1n) is 3.87. The van der Waals surface area contributed by atoms with E-state index in [-0.39, 0.29) is 4.88 Å². The molecule has 2 heterocycles. The maximum absolute atomic E-state index is 10.6. The van der Waals surface area contributed by atoms with Crippen molar-refractivity contribution in [2.24, 2.45) is 0 Å². The van der Waals surface area contributed by atoms with Gasteiger partial charge < -0.3 is 5.11 Å². The topological polar surface area (TPSA) is 68.0 Å². The number of rotatable bonds is 2. The van der Waals surface area contributed by atoms with Gasteiger partial charge in [0, 0.05) is 6.20 Å². The van der Waals surface area contributed by atoms with Crippen molar-refractivity contribution in [3.05, 3.63) is 29.3 Å². The highest BCUT2D eigenvalue weighted by molar-refractivity contribution is 7.15. The summed E-state index contributed by atoms with van der Waals surface area (Å²) in [6.45, 7) is 1.86. The fraction of sp³-hybridized carbons (Fsp3) is 0.125. The summed E-state index contributed by atoms with van der Waals surface area (Å²) in [5, 5.41) is 9.31. The van der Waals surface area contributed by atoms with E-state index in [1.807, 2.05) is 6.92 Å². The summed E-state index contributed by atoms with van der Waals surface area (Å²) in [4.78, 5) is 18.8. The lowest BCUT2D eigenvalue weighted by Crippen LogP contribution is -1.89. The first-order chi connectivity index (χ1) is 6.66. The molecule has 2 aromatic rings. The Hall–Kier alpha value is -1.69. The summed E-state index contributed by atoms with van der Waals surface area (Å²) < 4.78 is 1.70. The third-order valence-electron chi connectivity index (χ3n) is 1.64. The number of aryl methyl sites for hydroxylation is 1. The van der Waals surface area contributed by atoms with Crippen LogP contribution in [0.25, 0.3) is 5.13 Å². The van der Waals surface area contributed by atoms with Gasteiger partial charge in [0.25, 0.3) is 0 Å². The van der Waals surface area contributed by atoms with Crippen molar-refractivity contribution in [3.8, 4) is 5.13 Å². The number of aromatic nitrogens is 3. The van der Waals surface area contributed by atoms with E-state index in [2.05, 4.69) is 9.97 Å². The number of carboxylic acid groups (broad SMARTS) is 1. The summed E-state index contributed by atoms with van der Waals surface area (Å²) in [5.74, 6) is -0.953. The molecule has 0 saturated carbocycles. The van der Waals surface area contributed by atoms with Gasteiger partial charge >= 0.3 is 5.97 Å². The van der Waals surface area contributed by atoms with Crippen LogP contribution >= 0.6 is 11.3 Å². The molecule has 6 heteroatoms. The highest BCUT2D eigenvalue weighted by Gasteiger charge is 2.09. The molecule has 0 radical (unpaired) electrons. The average molecular weight is 209 g/mol. The molecule has 0 unspecified atom stereocenters. The van der Waals surface area contributed by atoms with Gasteiger partial charge in [-0.15, -0.1) is 0 Å². The third-order valence-corrected chi connectivity index (χ3v) is 2.64. The number of hydrogen-bond acceptors (Lipinski definition) is 4. The Morgan fingerprint density at radius 2 is 2.36 bits per heavy atom. The summed E-state index contributed by atoms with van der Waals surface area (Å²) >= 11 is 1.12. The molecule has 0 atom stereocenters. The number of imidazole rings is 1. The Balaban J connectivity index is 2.38. The lowest BCUT2D eigenvalue weighted by atomic mass is 10.6. The first kappa shape index (κ1) is 8.89.